The van der Waals surface area contributed by atoms with E-state index in [9.17, 15) is 4.39 Å². The topological polar surface area (TPSA) is 15.6 Å². The molecule has 0 fully saturated rings. The molecule has 1 aliphatic heterocycles. The van der Waals surface area contributed by atoms with E-state index >= 15 is 0 Å². The Morgan fingerprint density at radius 2 is 2.13 bits per heavy atom. The number of rotatable bonds is 1. The minimum absolute atomic E-state index is 0.167. The summed E-state index contributed by atoms with van der Waals surface area (Å²) < 4.78 is 13.1. The first-order valence-corrected chi connectivity index (χ1v) is 5.13. The maximum atomic E-state index is 13.1. The van der Waals surface area contributed by atoms with E-state index in [2.05, 4.69) is 12.0 Å². The fraction of sp³-hybridized carbons (Fsp3) is 0.417. The normalized spacial score (nSPS) is 25.6. The van der Waals surface area contributed by atoms with Crippen LogP contribution in [0.15, 0.2) is 29.4 Å². The lowest BCUT2D eigenvalue weighted by Gasteiger charge is -2.23. The first kappa shape index (κ1) is 10.1. The maximum Gasteiger partial charge on any atom is 0.123 e. The Labute approximate surface area is 89.4 Å². The highest BCUT2D eigenvalue weighted by Crippen LogP contribution is 2.33. The first-order valence-electron chi connectivity index (χ1n) is 5.13. The predicted octanol–water partition coefficient (Wildman–Crippen LogP) is 2.82. The molecule has 3 heteroatoms. The Kier molecular flexibility index (Phi) is 2.47. The van der Waals surface area contributed by atoms with Gasteiger partial charge in [-0.2, -0.15) is 5.10 Å². The number of hydrazone groups is 1. The number of nitrogens with zero attached hydrogens (tertiary/aromatic N) is 2. The molecule has 15 heavy (non-hydrogen) atoms. The van der Waals surface area contributed by atoms with Crippen molar-refractivity contribution >= 4 is 5.71 Å². The monoisotopic (exact) mass is 206 g/mol. The summed E-state index contributed by atoms with van der Waals surface area (Å²) in [4.78, 5) is 0. The Hall–Kier alpha value is -1.38. The zero-order valence-electron chi connectivity index (χ0n) is 9.24. The third-order valence-electron chi connectivity index (χ3n) is 3.04. The van der Waals surface area contributed by atoms with Crippen LogP contribution in [0.25, 0.3) is 0 Å². The molecule has 2 unspecified atom stereocenters. The Morgan fingerprint density at radius 1 is 1.40 bits per heavy atom. The maximum absolute atomic E-state index is 13.1. The third kappa shape index (κ3) is 1.74. The lowest BCUT2D eigenvalue weighted by atomic mass is 9.92. The van der Waals surface area contributed by atoms with Crippen LogP contribution in [0, 0.1) is 11.7 Å². The second kappa shape index (κ2) is 3.65. The van der Waals surface area contributed by atoms with Crippen LogP contribution in [0.5, 0.6) is 0 Å². The molecule has 1 aromatic carbocycles. The van der Waals surface area contributed by atoms with Gasteiger partial charge in [0.05, 0.1) is 6.04 Å². The van der Waals surface area contributed by atoms with E-state index in [4.69, 9.17) is 0 Å². The van der Waals surface area contributed by atoms with Crippen LogP contribution in [0.1, 0.15) is 25.5 Å². The second-order valence-corrected chi connectivity index (χ2v) is 4.10. The van der Waals surface area contributed by atoms with Gasteiger partial charge >= 0.3 is 0 Å². The van der Waals surface area contributed by atoms with E-state index in [1.54, 1.807) is 12.1 Å². The lowest BCUT2D eigenvalue weighted by Crippen LogP contribution is -2.20. The summed E-state index contributed by atoms with van der Waals surface area (Å²) in [6.07, 6.45) is 0. The van der Waals surface area contributed by atoms with Gasteiger partial charge in [0.25, 0.3) is 0 Å². The van der Waals surface area contributed by atoms with Crippen molar-refractivity contribution in [1.29, 1.82) is 0 Å². The van der Waals surface area contributed by atoms with E-state index < -0.39 is 0 Å². The average Bonchev–Trinajstić information content (AvgIpc) is 2.41. The molecule has 1 heterocycles. The fourth-order valence-electron chi connectivity index (χ4n) is 2.15. The Balaban J connectivity index is 2.33. The van der Waals surface area contributed by atoms with Crippen LogP contribution in [0.2, 0.25) is 0 Å². The van der Waals surface area contributed by atoms with Gasteiger partial charge in [-0.15, -0.1) is 0 Å². The van der Waals surface area contributed by atoms with Gasteiger partial charge in [0.1, 0.15) is 5.82 Å². The second-order valence-electron chi connectivity index (χ2n) is 4.10. The minimum Gasteiger partial charge on any atom is -0.292 e. The minimum atomic E-state index is -0.183. The first-order chi connectivity index (χ1) is 7.09. The van der Waals surface area contributed by atoms with Crippen LogP contribution in [-0.2, 0) is 0 Å². The molecular weight excluding hydrogens is 191 g/mol. The van der Waals surface area contributed by atoms with E-state index in [1.165, 1.54) is 6.07 Å². The van der Waals surface area contributed by atoms with Gasteiger partial charge in [0, 0.05) is 18.7 Å². The summed E-state index contributed by atoms with van der Waals surface area (Å²) in [6, 6.07) is 6.93. The molecule has 1 aromatic rings. The third-order valence-corrected chi connectivity index (χ3v) is 3.04. The molecule has 0 N–H and O–H groups in total. The molecule has 0 aliphatic carbocycles. The summed E-state index contributed by atoms with van der Waals surface area (Å²) in [5.41, 5.74) is 2.09. The van der Waals surface area contributed by atoms with Crippen molar-refractivity contribution in [2.45, 2.75) is 19.9 Å². The molecule has 2 nitrogen and oxygen atoms in total. The molecule has 0 spiro atoms. The Morgan fingerprint density at radius 3 is 2.67 bits per heavy atom. The number of hydrogen-bond donors (Lipinski definition) is 0. The standard InChI is InChI=1S/C12H15FN2/c1-8-9(2)14-15(3)12(8)10-5-4-6-11(13)7-10/h4-8,12H,1-3H3. The van der Waals surface area contributed by atoms with Gasteiger partial charge in [0.2, 0.25) is 0 Å². The molecule has 0 bridgehead atoms. The van der Waals surface area contributed by atoms with Crippen molar-refractivity contribution in [3.63, 3.8) is 0 Å². The summed E-state index contributed by atoms with van der Waals surface area (Å²) in [5, 5.41) is 6.30. The number of benzene rings is 1. The number of halogens is 1. The highest BCUT2D eigenvalue weighted by atomic mass is 19.1. The number of hydrogen-bond acceptors (Lipinski definition) is 2. The molecule has 0 amide bonds. The van der Waals surface area contributed by atoms with Crippen molar-refractivity contribution in [2.24, 2.45) is 11.0 Å². The quantitative estimate of drug-likeness (QED) is 0.690. The molecule has 0 aromatic heterocycles. The van der Waals surface area contributed by atoms with E-state index in [-0.39, 0.29) is 11.9 Å². The van der Waals surface area contributed by atoms with Crippen LogP contribution in [0.4, 0.5) is 4.39 Å². The highest BCUT2D eigenvalue weighted by Gasteiger charge is 2.30. The summed E-state index contributed by atoms with van der Waals surface area (Å²) in [6.45, 7) is 4.14. The molecule has 1 aliphatic rings. The van der Waals surface area contributed by atoms with Crippen molar-refractivity contribution in [3.05, 3.63) is 35.6 Å². The van der Waals surface area contributed by atoms with Gasteiger partial charge in [-0.05, 0) is 24.6 Å². The van der Waals surface area contributed by atoms with Crippen LogP contribution in [0.3, 0.4) is 0 Å². The van der Waals surface area contributed by atoms with Crippen LogP contribution in [-0.4, -0.2) is 17.8 Å². The summed E-state index contributed by atoms with van der Waals surface area (Å²) >= 11 is 0. The van der Waals surface area contributed by atoms with Gasteiger partial charge in [-0.25, -0.2) is 4.39 Å². The lowest BCUT2D eigenvalue weighted by molar-refractivity contribution is 0.256. The van der Waals surface area contributed by atoms with Gasteiger partial charge in [0.15, 0.2) is 0 Å². The SMILES string of the molecule is CC1=NN(C)C(c2cccc(F)c2)C1C. The largest absolute Gasteiger partial charge is 0.292 e. The van der Waals surface area contributed by atoms with Crippen molar-refractivity contribution in [3.8, 4) is 0 Å². The highest BCUT2D eigenvalue weighted by molar-refractivity contribution is 5.86. The van der Waals surface area contributed by atoms with Crippen LogP contribution < -0.4 is 0 Å². The van der Waals surface area contributed by atoms with Gasteiger partial charge in [-0.3, -0.25) is 5.01 Å². The average molecular weight is 206 g/mol. The smallest absolute Gasteiger partial charge is 0.123 e. The fourth-order valence-corrected chi connectivity index (χ4v) is 2.15. The summed E-state index contributed by atoms with van der Waals surface area (Å²) in [7, 11) is 1.93. The van der Waals surface area contributed by atoms with Crippen molar-refractivity contribution in [1.82, 2.24) is 5.01 Å². The predicted molar refractivity (Wildman–Crippen MR) is 59.2 cm³/mol. The van der Waals surface area contributed by atoms with Gasteiger partial charge < -0.3 is 0 Å². The molecular formula is C12H15FN2. The molecule has 80 valence electrons. The summed E-state index contributed by atoms with van der Waals surface area (Å²) in [5.74, 6) is 0.162. The zero-order chi connectivity index (χ0) is 11.0. The van der Waals surface area contributed by atoms with Gasteiger partial charge in [-0.1, -0.05) is 19.1 Å². The Bertz CT molecular complexity index is 400. The van der Waals surface area contributed by atoms with Crippen molar-refractivity contribution in [2.75, 3.05) is 7.05 Å². The molecule has 2 atom stereocenters. The molecule has 2 rings (SSSR count). The zero-order valence-corrected chi connectivity index (χ0v) is 9.24. The van der Waals surface area contributed by atoms with E-state index in [0.29, 0.717) is 5.92 Å². The molecule has 0 radical (unpaired) electrons. The van der Waals surface area contributed by atoms with Crippen LogP contribution >= 0.6 is 0 Å². The molecule has 0 saturated heterocycles. The van der Waals surface area contributed by atoms with E-state index in [0.717, 1.165) is 11.3 Å². The van der Waals surface area contributed by atoms with E-state index in [1.807, 2.05) is 25.0 Å². The molecule has 0 saturated carbocycles. The van der Waals surface area contributed by atoms with Crippen molar-refractivity contribution < 1.29 is 4.39 Å².